The highest BCUT2D eigenvalue weighted by Crippen LogP contribution is 2.31. The number of aliphatic imine (C=N–C) groups is 1. The highest BCUT2D eigenvalue weighted by atomic mass is 16.5. The van der Waals surface area contributed by atoms with E-state index >= 15 is 0 Å². The van der Waals surface area contributed by atoms with E-state index in [1.165, 1.54) is 11.1 Å². The lowest BCUT2D eigenvalue weighted by Gasteiger charge is -2.24. The maximum atomic E-state index is 5.44. The van der Waals surface area contributed by atoms with E-state index in [9.17, 15) is 0 Å². The first-order valence-corrected chi connectivity index (χ1v) is 4.89. The second kappa shape index (κ2) is 2.98. The van der Waals surface area contributed by atoms with Gasteiger partial charge in [0.25, 0.3) is 0 Å². The maximum absolute atomic E-state index is 5.44. The second-order valence-electron chi connectivity index (χ2n) is 3.61. The molecule has 0 saturated carbocycles. The van der Waals surface area contributed by atoms with Gasteiger partial charge < -0.3 is 4.74 Å². The summed E-state index contributed by atoms with van der Waals surface area (Å²) in [6, 6.07) is 0.189. The molecule has 3 aliphatic rings. The van der Waals surface area contributed by atoms with Gasteiger partial charge in [0.2, 0.25) is 0 Å². The molecule has 3 rings (SSSR count). The minimum Gasteiger partial charge on any atom is -0.465 e. The Balaban J connectivity index is 2.03. The molecular formula is C12H11NO. The van der Waals surface area contributed by atoms with E-state index in [2.05, 4.69) is 23.2 Å². The molecule has 2 nitrogen and oxygen atoms in total. The SMILES string of the molecule is C1=COC2=CC3N=CCC=C3C=C2C1. The van der Waals surface area contributed by atoms with E-state index < -0.39 is 0 Å². The fraction of sp³-hybridized carbons (Fsp3) is 0.250. The molecule has 14 heavy (non-hydrogen) atoms. The molecule has 2 heteroatoms. The van der Waals surface area contributed by atoms with Gasteiger partial charge in [-0.15, -0.1) is 0 Å². The minimum atomic E-state index is 0.189. The number of fused-ring (bicyclic) bond motifs is 2. The lowest BCUT2D eigenvalue weighted by Crippen LogP contribution is -2.15. The van der Waals surface area contributed by atoms with Crippen molar-refractivity contribution in [2.45, 2.75) is 18.9 Å². The van der Waals surface area contributed by atoms with Gasteiger partial charge in [-0.2, -0.15) is 0 Å². The molecule has 0 aromatic rings. The summed E-state index contributed by atoms with van der Waals surface area (Å²) in [5, 5.41) is 0. The summed E-state index contributed by atoms with van der Waals surface area (Å²) in [5.74, 6) is 0.980. The number of hydrogen-bond acceptors (Lipinski definition) is 2. The number of allylic oxidation sites excluding steroid dienone is 3. The molecule has 0 bridgehead atoms. The molecule has 1 aliphatic carbocycles. The lowest BCUT2D eigenvalue weighted by molar-refractivity contribution is 0.344. The van der Waals surface area contributed by atoms with Gasteiger partial charge in [-0.3, -0.25) is 4.99 Å². The molecule has 0 N–H and O–H groups in total. The first-order valence-electron chi connectivity index (χ1n) is 4.89. The number of ether oxygens (including phenoxy) is 1. The fourth-order valence-electron chi connectivity index (χ4n) is 1.95. The van der Waals surface area contributed by atoms with E-state index in [4.69, 9.17) is 4.74 Å². The second-order valence-corrected chi connectivity index (χ2v) is 3.61. The lowest BCUT2D eigenvalue weighted by atomic mass is 9.92. The van der Waals surface area contributed by atoms with Crippen molar-refractivity contribution in [3.05, 3.63) is 47.5 Å². The molecule has 2 aliphatic heterocycles. The van der Waals surface area contributed by atoms with Crippen molar-refractivity contribution >= 4 is 6.21 Å². The average Bonchev–Trinajstić information content (AvgIpc) is 2.26. The molecule has 0 amide bonds. The monoisotopic (exact) mass is 185 g/mol. The Morgan fingerprint density at radius 2 is 2.43 bits per heavy atom. The maximum Gasteiger partial charge on any atom is 0.128 e. The van der Waals surface area contributed by atoms with Crippen LogP contribution in [0.15, 0.2) is 52.5 Å². The molecule has 2 heterocycles. The van der Waals surface area contributed by atoms with E-state index in [0.717, 1.165) is 18.6 Å². The molecule has 0 saturated heterocycles. The highest BCUT2D eigenvalue weighted by Gasteiger charge is 2.21. The van der Waals surface area contributed by atoms with Crippen LogP contribution in [-0.2, 0) is 4.74 Å². The standard InChI is InChI=1S/C12H11NO/c1-3-9-7-10-4-2-6-14-12(10)8-11(9)13-5-1/h2-3,5-8,11H,1,4H2. The van der Waals surface area contributed by atoms with Crippen LogP contribution in [0.2, 0.25) is 0 Å². The van der Waals surface area contributed by atoms with Gasteiger partial charge in [0.15, 0.2) is 0 Å². The van der Waals surface area contributed by atoms with Crippen LogP contribution in [0.5, 0.6) is 0 Å². The molecular weight excluding hydrogens is 174 g/mol. The van der Waals surface area contributed by atoms with E-state index in [1.807, 2.05) is 12.3 Å². The molecule has 0 radical (unpaired) electrons. The van der Waals surface area contributed by atoms with Crippen LogP contribution in [0, 0.1) is 0 Å². The number of nitrogens with zero attached hydrogens (tertiary/aromatic N) is 1. The van der Waals surface area contributed by atoms with Crippen molar-refractivity contribution in [1.82, 2.24) is 0 Å². The van der Waals surface area contributed by atoms with Crippen molar-refractivity contribution in [2.75, 3.05) is 0 Å². The first kappa shape index (κ1) is 7.80. The first-order chi connectivity index (χ1) is 6.93. The Labute approximate surface area is 83.0 Å². The molecule has 1 atom stereocenters. The van der Waals surface area contributed by atoms with Gasteiger partial charge in [0.05, 0.1) is 12.3 Å². The predicted molar refractivity (Wildman–Crippen MR) is 56.0 cm³/mol. The van der Waals surface area contributed by atoms with Gasteiger partial charge in [-0.1, -0.05) is 6.08 Å². The van der Waals surface area contributed by atoms with Crippen molar-refractivity contribution in [1.29, 1.82) is 0 Å². The van der Waals surface area contributed by atoms with Gasteiger partial charge in [0.1, 0.15) is 5.76 Å². The van der Waals surface area contributed by atoms with Crippen molar-refractivity contribution < 1.29 is 4.74 Å². The van der Waals surface area contributed by atoms with Crippen LogP contribution in [0.3, 0.4) is 0 Å². The van der Waals surface area contributed by atoms with Crippen LogP contribution in [0.25, 0.3) is 0 Å². The van der Waals surface area contributed by atoms with Crippen LogP contribution in [0.4, 0.5) is 0 Å². The Morgan fingerprint density at radius 1 is 1.43 bits per heavy atom. The Morgan fingerprint density at radius 3 is 3.43 bits per heavy atom. The Kier molecular flexibility index (Phi) is 1.66. The third kappa shape index (κ3) is 1.15. The summed E-state index contributed by atoms with van der Waals surface area (Å²) in [6.07, 6.45) is 14.2. The van der Waals surface area contributed by atoms with Gasteiger partial charge >= 0.3 is 0 Å². The zero-order valence-corrected chi connectivity index (χ0v) is 7.81. The van der Waals surface area contributed by atoms with Gasteiger partial charge in [-0.05, 0) is 35.8 Å². The topological polar surface area (TPSA) is 21.6 Å². The van der Waals surface area contributed by atoms with Crippen LogP contribution >= 0.6 is 0 Å². The van der Waals surface area contributed by atoms with E-state index in [1.54, 1.807) is 6.26 Å². The molecule has 0 aromatic heterocycles. The summed E-state index contributed by atoms with van der Waals surface area (Å²) in [7, 11) is 0. The van der Waals surface area contributed by atoms with Crippen LogP contribution < -0.4 is 0 Å². The molecule has 1 unspecified atom stereocenters. The van der Waals surface area contributed by atoms with E-state index in [-0.39, 0.29) is 6.04 Å². The van der Waals surface area contributed by atoms with E-state index in [0.29, 0.717) is 0 Å². The summed E-state index contributed by atoms with van der Waals surface area (Å²) in [5.41, 5.74) is 2.58. The van der Waals surface area contributed by atoms with Gasteiger partial charge in [-0.25, -0.2) is 0 Å². The summed E-state index contributed by atoms with van der Waals surface area (Å²) >= 11 is 0. The Hall–Kier alpha value is -1.57. The molecule has 70 valence electrons. The summed E-state index contributed by atoms with van der Waals surface area (Å²) in [4.78, 5) is 4.42. The smallest absolute Gasteiger partial charge is 0.128 e. The predicted octanol–water partition coefficient (Wildman–Crippen LogP) is 2.51. The van der Waals surface area contributed by atoms with Crippen LogP contribution in [-0.4, -0.2) is 12.3 Å². The molecule has 0 spiro atoms. The summed E-state index contributed by atoms with van der Waals surface area (Å²) in [6.45, 7) is 0. The zero-order chi connectivity index (χ0) is 9.38. The van der Waals surface area contributed by atoms with Crippen molar-refractivity contribution in [2.24, 2.45) is 4.99 Å². The highest BCUT2D eigenvalue weighted by molar-refractivity contribution is 5.65. The molecule has 0 fully saturated rings. The van der Waals surface area contributed by atoms with Gasteiger partial charge in [0, 0.05) is 12.6 Å². The normalized spacial score (nSPS) is 28.0. The Bertz CT molecular complexity index is 410. The quantitative estimate of drug-likeness (QED) is 0.568. The third-order valence-electron chi connectivity index (χ3n) is 2.66. The fourth-order valence-corrected chi connectivity index (χ4v) is 1.95. The number of hydrogen-bond donors (Lipinski definition) is 0. The van der Waals surface area contributed by atoms with Crippen LogP contribution in [0.1, 0.15) is 12.8 Å². The minimum absolute atomic E-state index is 0.189. The van der Waals surface area contributed by atoms with Crippen molar-refractivity contribution in [3.8, 4) is 0 Å². The third-order valence-corrected chi connectivity index (χ3v) is 2.66. The largest absolute Gasteiger partial charge is 0.465 e. The average molecular weight is 185 g/mol. The number of rotatable bonds is 0. The summed E-state index contributed by atoms with van der Waals surface area (Å²) < 4.78 is 5.44. The number of dihydropyridines is 1. The zero-order valence-electron chi connectivity index (χ0n) is 7.81. The molecule has 0 aromatic carbocycles. The van der Waals surface area contributed by atoms with Crippen molar-refractivity contribution in [3.63, 3.8) is 0 Å².